The number of aliphatic hydroxyl groups excluding tert-OH is 2. The molecule has 3 heterocycles. The fourth-order valence-corrected chi connectivity index (χ4v) is 16.3. The Kier molecular flexibility index (Phi) is 56.6. The number of nitrogens with one attached hydrogen (secondary N) is 21. The molecule has 17 atom stereocenters. The van der Waals surface area contributed by atoms with E-state index >= 15 is 14.4 Å². The number of hydrogen-bond donors (Lipinski definition) is 29. The van der Waals surface area contributed by atoms with Gasteiger partial charge in [-0.05, 0) is 132 Å². The summed E-state index contributed by atoms with van der Waals surface area (Å²) in [6.45, 7) is 13.5. The summed E-state index contributed by atoms with van der Waals surface area (Å²) >= 11 is 0. The van der Waals surface area contributed by atoms with Gasteiger partial charge in [0.25, 0.3) is 11.8 Å². The molecule has 17 unspecified atom stereocenters. The van der Waals surface area contributed by atoms with Gasteiger partial charge in [-0.25, -0.2) is 9.98 Å². The number of carbonyl (C=O) groups excluding carboxylic acids is 16. The minimum atomic E-state index is -2.06. The summed E-state index contributed by atoms with van der Waals surface area (Å²) in [5.74, 6) is -17.1. The highest BCUT2D eigenvalue weighted by Crippen LogP contribution is 2.22. The zero-order chi connectivity index (χ0) is 110. The largest absolute Gasteiger partial charge is 0.508 e. The highest BCUT2D eigenvalue weighted by molar-refractivity contribution is 6.41. The van der Waals surface area contributed by atoms with Crippen LogP contribution in [0, 0.1) is 28.1 Å². The molecule has 16 amide bonds. The number of aromatic nitrogens is 2. The van der Waals surface area contributed by atoms with Gasteiger partial charge in [0.15, 0.2) is 17.9 Å². The number of aromatic hydroxyl groups is 1. The molecular formula is C101H160N28O20. The first-order valence-electron chi connectivity index (χ1n) is 51.3. The molecule has 6 rings (SSSR count). The number of unbranched alkanes of at least 4 members (excludes halogenated alkanes) is 12. The van der Waals surface area contributed by atoms with E-state index in [-0.39, 0.29) is 121 Å². The van der Waals surface area contributed by atoms with E-state index in [4.69, 9.17) is 49.6 Å². The Labute approximate surface area is 869 Å². The van der Waals surface area contributed by atoms with E-state index in [1.54, 1.807) is 75.4 Å². The van der Waals surface area contributed by atoms with Crippen LogP contribution in [0.4, 0.5) is 0 Å². The first-order valence-corrected chi connectivity index (χ1v) is 51.3. The smallest absolute Gasteiger partial charge is 0.271 e. The Bertz CT molecular complexity index is 5020. The number of rotatable bonds is 66. The lowest BCUT2D eigenvalue weighted by molar-refractivity contribution is -0.135. The molecule has 0 radical (unpaired) electrons. The topological polar surface area (TPSA) is 790 Å². The van der Waals surface area contributed by atoms with Gasteiger partial charge < -0.3 is 144 Å². The molecule has 2 aliphatic heterocycles. The molecule has 2 aliphatic rings. The van der Waals surface area contributed by atoms with Crippen LogP contribution in [0.15, 0.2) is 96.4 Å². The van der Waals surface area contributed by atoms with E-state index < -0.39 is 234 Å². The second kappa shape index (κ2) is 67.4. The number of benzene rings is 3. The first kappa shape index (κ1) is 125. The van der Waals surface area contributed by atoms with Crippen molar-refractivity contribution in [1.29, 1.82) is 16.2 Å². The number of guanidine groups is 3. The number of aliphatic hydroxyl groups is 2. The number of nitrogens with zero attached hydrogens (tertiary/aromatic N) is 2. The summed E-state index contributed by atoms with van der Waals surface area (Å²) in [6, 6.07) is 0.174. The van der Waals surface area contributed by atoms with Crippen molar-refractivity contribution in [3.8, 4) is 11.5 Å². The molecule has 0 saturated carbocycles. The third-order valence-corrected chi connectivity index (χ3v) is 24.9. The second-order valence-electron chi connectivity index (χ2n) is 38.3. The standard InChI is InChI=1S/C101H160N28O20/c1-10-12-13-14-15-16-17-18-19-20-21-22-26-35-82(134)118-75-48-60(6)149-70-42-38-66(39-43-70)51-76(123-87(137)62(8)116-91(75)141)93(143)124-77(49-64-30-24-23-25-31-64)92(142)120-72(33-28-45-112-100(106)107)89(139)119-71(32-27-44-111-99(104)105)88(138)117-68(47-58(3)4)55-114-61(7)86(136)127-80(56-130)96(146)129-84(63(9)131)98(148)121-73(34-29-46-113-101(108)109)90(140)126-79(53-81(102)133)94(144)125-78(50-65-36-40-69(132)41-37-65)95(145)128-83(59(5)11-2)97(147)122-74(85(103)135)52-67-54-110-57-115-67/h23-25,30-31,36-43,54,57-63,68,71-72,74-80,83-84,114,130-132H,10-22,26-29,32-35,44-53,55-56H2,1-9H3,(H2,102,133)(H2,103,135)(H,110,115)(H,116,141)(H,117,138)(H,118,134)(H,119,139)(H,120,142)(H,122,147)(H,123,137)(H,124,143)(H,125,144)(H,126,140)(H,127,136)(H,128,145)(H,129,146)(H4,104,105,111)(H4,106,107,112)(H4,108,109,113). The maximum atomic E-state index is 15.2. The van der Waals surface area contributed by atoms with E-state index in [0.717, 1.165) is 32.6 Å². The average molecular weight is 2090 g/mol. The molecule has 48 nitrogen and oxygen atoms in total. The van der Waals surface area contributed by atoms with Crippen molar-refractivity contribution in [2.75, 3.05) is 32.8 Å². The molecule has 2 bridgehead atoms. The van der Waals surface area contributed by atoms with Crippen LogP contribution < -0.4 is 124 Å². The number of carbonyl (C=O) groups is 16. The SMILES string of the molecule is CCCCCCCCCCCCCCCC(=O)NC1CC(C)Oc2ccc(cc2)CC(C(=O)NC(Cc2ccccc2)C(=O)NC(CCCNC(=N)N)C(=O)NC(CCCNC(=N)N)C(=O)NC(CNC(C)C(=O)NC(CO)C(=O)NC(C(=O)N=C(CCCNC(=N)N)C(=O)NC(CC(N)=O)C(=O)NC(Cc2ccc(O)cc2)C(=O)NC(C(=O)NC(Cc2cnc[nH]2)C(N)=O)C(C)CC)C(C)O)CC(C)C)NC(=O)C(C)NC1=O. The lowest BCUT2D eigenvalue weighted by Crippen LogP contribution is -2.60. The highest BCUT2D eigenvalue weighted by atomic mass is 16.5. The third-order valence-electron chi connectivity index (χ3n) is 24.9. The van der Waals surface area contributed by atoms with Gasteiger partial charge in [-0.1, -0.05) is 173 Å². The van der Waals surface area contributed by atoms with Crippen LogP contribution in [-0.4, -0.2) is 273 Å². The number of ether oxygens (including phenoxy) is 1. The van der Waals surface area contributed by atoms with E-state index in [2.05, 4.69) is 112 Å². The Balaban J connectivity index is 1.34. The minimum Gasteiger partial charge on any atom is -0.508 e. The summed E-state index contributed by atoms with van der Waals surface area (Å²) < 4.78 is 6.25. The van der Waals surface area contributed by atoms with E-state index in [1.807, 2.05) is 13.8 Å². The number of phenolic OH excluding ortho intramolecular Hbond substituents is 1. The average Bonchev–Trinajstić information content (AvgIpc) is 1.33. The van der Waals surface area contributed by atoms with Gasteiger partial charge in [-0.15, -0.1) is 0 Å². The fourth-order valence-electron chi connectivity index (χ4n) is 16.3. The molecule has 0 saturated heterocycles. The molecule has 1 aromatic heterocycles. The monoisotopic (exact) mass is 2090 g/mol. The number of nitrogens with two attached hydrogens (primary N) is 5. The van der Waals surface area contributed by atoms with Gasteiger partial charge in [0.05, 0.1) is 37.6 Å². The maximum absolute atomic E-state index is 15.2. The van der Waals surface area contributed by atoms with Crippen molar-refractivity contribution in [3.63, 3.8) is 0 Å². The van der Waals surface area contributed by atoms with Gasteiger partial charge in [0.2, 0.25) is 82.7 Å². The summed E-state index contributed by atoms with van der Waals surface area (Å²) in [6.07, 6.45) is 13.3. The van der Waals surface area contributed by atoms with Gasteiger partial charge >= 0.3 is 0 Å². The number of aromatic amines is 1. The molecule has 0 spiro atoms. The van der Waals surface area contributed by atoms with Gasteiger partial charge in [-0.2, -0.15) is 0 Å². The number of primary amides is 2. The Morgan fingerprint density at radius 3 is 1.58 bits per heavy atom. The number of amides is 16. The van der Waals surface area contributed by atoms with Crippen molar-refractivity contribution in [1.82, 2.24) is 100 Å². The number of phenols is 1. The Hall–Kier alpha value is -14.4. The van der Waals surface area contributed by atoms with Gasteiger partial charge in [-0.3, -0.25) is 92.9 Å². The van der Waals surface area contributed by atoms with Crippen LogP contribution in [0.3, 0.4) is 0 Å². The summed E-state index contributed by atoms with van der Waals surface area (Å²) in [7, 11) is 0. The summed E-state index contributed by atoms with van der Waals surface area (Å²) in [5, 5.41) is 100. The van der Waals surface area contributed by atoms with Crippen LogP contribution in [0.1, 0.15) is 239 Å². The molecule has 48 heteroatoms. The predicted molar refractivity (Wildman–Crippen MR) is 558 cm³/mol. The molecule has 3 aromatic carbocycles. The normalized spacial score (nSPS) is 16.8. The number of fused-ring (bicyclic) bond motifs is 12. The van der Waals surface area contributed by atoms with Crippen LogP contribution in [0.5, 0.6) is 11.5 Å². The van der Waals surface area contributed by atoms with Gasteiger partial charge in [0, 0.05) is 82.6 Å². The first-order chi connectivity index (χ1) is 70.9. The molecule has 149 heavy (non-hydrogen) atoms. The minimum absolute atomic E-state index is 0.0239. The molecule has 0 fully saturated rings. The summed E-state index contributed by atoms with van der Waals surface area (Å²) in [5.41, 5.74) is 29.3. The molecular weight excluding hydrogens is 1930 g/mol. The predicted octanol–water partition coefficient (Wildman–Crippen LogP) is -1.08. The third kappa shape index (κ3) is 48.8. The van der Waals surface area contributed by atoms with Crippen molar-refractivity contribution in [3.05, 3.63) is 114 Å². The Morgan fingerprint density at radius 2 is 1.04 bits per heavy atom. The zero-order valence-electron chi connectivity index (χ0n) is 87.0. The maximum Gasteiger partial charge on any atom is 0.271 e. The fraction of sp³-hybridized carbons (Fsp3) is 0.594. The number of imidazole rings is 1. The molecule has 824 valence electrons. The highest BCUT2D eigenvalue weighted by Gasteiger charge is 2.40. The zero-order valence-corrected chi connectivity index (χ0v) is 87.0. The van der Waals surface area contributed by atoms with E-state index in [0.29, 0.717) is 41.0 Å². The van der Waals surface area contributed by atoms with Crippen molar-refractivity contribution in [2.45, 2.75) is 339 Å². The van der Waals surface area contributed by atoms with Crippen molar-refractivity contribution in [2.24, 2.45) is 45.5 Å². The molecule has 34 N–H and O–H groups in total. The second-order valence-corrected chi connectivity index (χ2v) is 38.3. The van der Waals surface area contributed by atoms with Crippen LogP contribution in [-0.2, 0) is 102 Å². The number of H-pyrrole nitrogens is 1. The van der Waals surface area contributed by atoms with Crippen molar-refractivity contribution < 1.29 is 96.8 Å². The van der Waals surface area contributed by atoms with Crippen LogP contribution in [0.2, 0.25) is 0 Å². The van der Waals surface area contributed by atoms with Crippen LogP contribution >= 0.6 is 0 Å². The lowest BCUT2D eigenvalue weighted by Gasteiger charge is -2.29. The molecule has 0 aliphatic carbocycles. The van der Waals surface area contributed by atoms with E-state index in [9.17, 15) is 77.6 Å². The van der Waals surface area contributed by atoms with E-state index in [1.165, 1.54) is 102 Å². The molecule has 4 aromatic rings. The quantitative estimate of drug-likeness (QED) is 0.0142. The number of aliphatic imine (C=N–C) groups is 1. The number of hydrogen-bond acceptors (Lipinski definition) is 25. The van der Waals surface area contributed by atoms with Crippen LogP contribution in [0.25, 0.3) is 0 Å². The van der Waals surface area contributed by atoms with Gasteiger partial charge in [0.1, 0.15) is 89.7 Å². The van der Waals surface area contributed by atoms with Crippen molar-refractivity contribution >= 4 is 118 Å². The summed E-state index contributed by atoms with van der Waals surface area (Å²) in [4.78, 5) is 239. The lowest BCUT2D eigenvalue weighted by atomic mass is 9.96. The Morgan fingerprint density at radius 1 is 0.530 bits per heavy atom.